The van der Waals surface area contributed by atoms with Crippen molar-refractivity contribution in [1.29, 1.82) is 5.53 Å². The van der Waals surface area contributed by atoms with Crippen molar-refractivity contribution in [3.8, 4) is 5.75 Å². The first-order valence-corrected chi connectivity index (χ1v) is 7.99. The highest BCUT2D eigenvalue weighted by Crippen LogP contribution is 2.45. The second-order valence-electron chi connectivity index (χ2n) is 4.20. The molecule has 2 aromatic rings. The smallest absolute Gasteiger partial charge is 0.172 e. The first kappa shape index (κ1) is 17.1. The fourth-order valence-electron chi connectivity index (χ4n) is 2.04. The molecular formula is C11H11N5O5S2. The zero-order valence-electron chi connectivity index (χ0n) is 11.3. The summed E-state index contributed by atoms with van der Waals surface area (Å²) in [7, 11) is 0. The molecule has 23 heavy (non-hydrogen) atoms. The molecule has 2 rings (SSSR count). The molecule has 0 bridgehead atoms. The van der Waals surface area contributed by atoms with Gasteiger partial charge in [0.1, 0.15) is 23.0 Å². The van der Waals surface area contributed by atoms with Crippen LogP contribution >= 0.6 is 12.0 Å². The van der Waals surface area contributed by atoms with E-state index in [2.05, 4.69) is 21.1 Å². The van der Waals surface area contributed by atoms with Crippen LogP contribution in [0.4, 0.5) is 17.1 Å². The molecule has 0 aliphatic rings. The summed E-state index contributed by atoms with van der Waals surface area (Å²) in [4.78, 5) is 10.5. The Morgan fingerprint density at radius 2 is 2.09 bits per heavy atom. The summed E-state index contributed by atoms with van der Waals surface area (Å²) < 4.78 is 28.9. The van der Waals surface area contributed by atoms with Gasteiger partial charge in [-0.3, -0.25) is 0 Å². The van der Waals surface area contributed by atoms with Crippen LogP contribution in [0, 0.1) is 10.4 Å². The quantitative estimate of drug-likeness (QED) is 0.109. The van der Waals surface area contributed by atoms with Crippen LogP contribution in [0.1, 0.15) is 0 Å². The molecule has 122 valence electrons. The minimum atomic E-state index is -2.09. The summed E-state index contributed by atoms with van der Waals surface area (Å²) >= 11 is -1.82. The molecule has 6 N–H and O–H groups in total. The van der Waals surface area contributed by atoms with E-state index < -0.39 is 11.1 Å². The maximum atomic E-state index is 10.8. The number of hydrogen-bond donors (Lipinski definition) is 6. The van der Waals surface area contributed by atoms with E-state index >= 15 is 0 Å². The molecule has 0 heterocycles. The molecule has 12 heteroatoms. The predicted molar refractivity (Wildman–Crippen MR) is 87.6 cm³/mol. The van der Waals surface area contributed by atoms with Gasteiger partial charge in [0.2, 0.25) is 0 Å². The molecule has 0 aromatic heterocycles. The number of nitroso groups, excluding NO2 is 1. The highest BCUT2D eigenvalue weighted by atomic mass is 32.2. The zero-order chi connectivity index (χ0) is 17.0. The van der Waals surface area contributed by atoms with Crippen molar-refractivity contribution in [1.82, 2.24) is 0 Å². The van der Waals surface area contributed by atoms with Crippen LogP contribution in [0.15, 0.2) is 33.5 Å². The summed E-state index contributed by atoms with van der Waals surface area (Å²) in [6, 6.07) is 4.34. The summed E-state index contributed by atoms with van der Waals surface area (Å²) in [5.74, 6) is -0.614. The van der Waals surface area contributed by atoms with Crippen molar-refractivity contribution in [3.63, 3.8) is 0 Å². The van der Waals surface area contributed by atoms with Crippen molar-refractivity contribution < 1.29 is 18.4 Å². The monoisotopic (exact) mass is 357 g/mol. The Kier molecular flexibility index (Phi) is 5.44. The third-order valence-electron chi connectivity index (χ3n) is 2.98. The molecule has 0 amide bonds. The van der Waals surface area contributed by atoms with E-state index in [4.69, 9.17) is 10.1 Å². The Morgan fingerprint density at radius 1 is 1.35 bits per heavy atom. The van der Waals surface area contributed by atoms with Crippen molar-refractivity contribution in [2.75, 3.05) is 16.6 Å². The molecule has 1 unspecified atom stereocenters. The van der Waals surface area contributed by atoms with Gasteiger partial charge in [-0.25, -0.2) is 15.2 Å². The molecule has 0 saturated heterocycles. The van der Waals surface area contributed by atoms with Gasteiger partial charge in [-0.05, 0) is 18.2 Å². The number of anilines is 2. The van der Waals surface area contributed by atoms with E-state index in [1.807, 2.05) is 0 Å². The fraction of sp³-hybridized carbons (Fsp3) is 0.0909. The lowest BCUT2D eigenvalue weighted by atomic mass is 10.1. The number of nitrogens with one attached hydrogen (secondary N) is 3. The summed E-state index contributed by atoms with van der Waals surface area (Å²) in [5, 5.41) is 19.3. The molecule has 0 aliphatic heterocycles. The number of fused-ring (bicyclic) bond motifs is 1. The predicted octanol–water partition coefficient (Wildman–Crippen LogP) is 3.46. The van der Waals surface area contributed by atoms with Crippen LogP contribution in [0.5, 0.6) is 5.75 Å². The first-order valence-electron chi connectivity index (χ1n) is 5.94. The fourth-order valence-corrected chi connectivity index (χ4v) is 2.73. The van der Waals surface area contributed by atoms with Crippen LogP contribution < -0.4 is 10.7 Å². The maximum Gasteiger partial charge on any atom is 0.172 e. The minimum Gasteiger partial charge on any atom is -0.505 e. The number of phenols is 1. The Morgan fingerprint density at radius 3 is 2.65 bits per heavy atom. The van der Waals surface area contributed by atoms with E-state index in [0.29, 0.717) is 11.1 Å². The molecule has 0 fully saturated rings. The largest absolute Gasteiger partial charge is 0.505 e. The number of hydrogen-bond acceptors (Lipinski definition) is 9. The lowest BCUT2D eigenvalue weighted by molar-refractivity contribution is 0.482. The molecule has 0 spiro atoms. The molecule has 0 saturated carbocycles. The Hall–Kier alpha value is -2.28. The average Bonchev–Trinajstić information content (AvgIpc) is 2.54. The maximum absolute atomic E-state index is 10.8. The van der Waals surface area contributed by atoms with Crippen LogP contribution in [0.2, 0.25) is 0 Å². The first-order chi connectivity index (χ1) is 11.0. The lowest BCUT2D eigenvalue weighted by Gasteiger charge is -2.14. The minimum absolute atomic E-state index is 0.0758. The third-order valence-corrected chi connectivity index (χ3v) is 3.89. The Balaban J connectivity index is 2.70. The molecule has 10 nitrogen and oxygen atoms in total. The van der Waals surface area contributed by atoms with Crippen molar-refractivity contribution in [2.45, 2.75) is 4.90 Å². The molecule has 2 aromatic carbocycles. The average molecular weight is 357 g/mol. The van der Waals surface area contributed by atoms with Crippen molar-refractivity contribution >= 4 is 51.0 Å². The van der Waals surface area contributed by atoms with E-state index in [-0.39, 0.29) is 45.3 Å². The van der Waals surface area contributed by atoms with Gasteiger partial charge in [0.15, 0.2) is 11.1 Å². The third kappa shape index (κ3) is 3.39. The molecule has 0 aliphatic carbocycles. The van der Waals surface area contributed by atoms with Gasteiger partial charge in [0, 0.05) is 22.8 Å². The van der Waals surface area contributed by atoms with Crippen LogP contribution in [-0.4, -0.2) is 24.3 Å². The normalized spacial score (nSPS) is 11.9. The number of nitrogens with zero attached hydrogens (tertiary/aromatic N) is 2. The summed E-state index contributed by atoms with van der Waals surface area (Å²) in [6.07, 6.45) is 0. The van der Waals surface area contributed by atoms with E-state index in [1.54, 1.807) is 0 Å². The Labute approximate surface area is 136 Å². The van der Waals surface area contributed by atoms with Crippen LogP contribution in [0.25, 0.3) is 10.8 Å². The second-order valence-corrected chi connectivity index (χ2v) is 5.76. The standard InChI is InChI=1S/C11H11N5O5S2/c12-14-9-6-3-8(22-19)10(15-16-18)11(17)5(6)1-2-7(9)13-4-23(20)21/h1-3,12-13,17,19H,4H2,(H,15,18)(H,20,21). The van der Waals surface area contributed by atoms with Gasteiger partial charge in [-0.1, -0.05) is 0 Å². The number of rotatable bonds is 7. The second kappa shape index (κ2) is 7.32. The molecule has 0 radical (unpaired) electrons. The molecule has 1 atom stereocenters. The lowest BCUT2D eigenvalue weighted by Crippen LogP contribution is -2.07. The van der Waals surface area contributed by atoms with Crippen LogP contribution in [-0.2, 0) is 11.1 Å². The van der Waals surface area contributed by atoms with E-state index in [0.717, 1.165) is 0 Å². The highest BCUT2D eigenvalue weighted by Gasteiger charge is 2.17. The zero-order valence-corrected chi connectivity index (χ0v) is 12.9. The van der Waals surface area contributed by atoms with Crippen LogP contribution in [0.3, 0.4) is 0 Å². The van der Waals surface area contributed by atoms with Gasteiger partial charge in [-0.15, -0.1) is 4.91 Å². The number of aromatic hydroxyl groups is 1. The van der Waals surface area contributed by atoms with E-state index in [1.165, 1.54) is 18.2 Å². The SMILES string of the molecule is N=Nc1c(NCS(=O)O)ccc2c(O)c(NN=O)c(SO)cc12. The van der Waals surface area contributed by atoms with Gasteiger partial charge < -0.3 is 19.5 Å². The topological polar surface area (TPSA) is 167 Å². The highest BCUT2D eigenvalue weighted by molar-refractivity contribution is 7.94. The number of phenolic OH excluding ortho intramolecular Hbond substituents is 1. The van der Waals surface area contributed by atoms with Gasteiger partial charge in [0.25, 0.3) is 0 Å². The molecular weight excluding hydrogens is 346 g/mol. The van der Waals surface area contributed by atoms with Gasteiger partial charge in [-0.2, -0.15) is 5.11 Å². The number of benzene rings is 2. The van der Waals surface area contributed by atoms with Crippen molar-refractivity contribution in [3.05, 3.63) is 23.1 Å². The van der Waals surface area contributed by atoms with E-state index in [9.17, 15) is 18.8 Å². The Bertz CT molecular complexity index is 800. The summed E-state index contributed by atoms with van der Waals surface area (Å²) in [6.45, 7) is 0. The summed E-state index contributed by atoms with van der Waals surface area (Å²) in [5.41, 5.74) is 9.68. The van der Waals surface area contributed by atoms with Crippen molar-refractivity contribution in [2.24, 2.45) is 10.4 Å². The van der Waals surface area contributed by atoms with Gasteiger partial charge in [0.05, 0.1) is 15.9 Å². The van der Waals surface area contributed by atoms with Gasteiger partial charge >= 0.3 is 0 Å².